The smallest absolute Gasteiger partial charge is 0.279 e. The van der Waals surface area contributed by atoms with E-state index in [-0.39, 0.29) is 5.54 Å². The summed E-state index contributed by atoms with van der Waals surface area (Å²) in [5.41, 5.74) is 1.10. The number of nitrogens with one attached hydrogen (secondary N) is 2. The van der Waals surface area contributed by atoms with Crippen LogP contribution in [0.3, 0.4) is 0 Å². The minimum absolute atomic E-state index is 0.324. The van der Waals surface area contributed by atoms with Crippen LogP contribution in [0.1, 0.15) is 37.2 Å². The molecule has 7 nitrogen and oxygen atoms in total. The van der Waals surface area contributed by atoms with Crippen molar-refractivity contribution < 1.29 is 8.42 Å². The van der Waals surface area contributed by atoms with Gasteiger partial charge in [-0.3, -0.25) is 4.90 Å². The van der Waals surface area contributed by atoms with Gasteiger partial charge in [0, 0.05) is 51.2 Å². The number of hydrogen-bond acceptors (Lipinski definition) is 5. The molecule has 0 radical (unpaired) electrons. The van der Waals surface area contributed by atoms with Gasteiger partial charge in [-0.1, -0.05) is 30.3 Å². The van der Waals surface area contributed by atoms with Crippen LogP contribution in [0.5, 0.6) is 0 Å². The Morgan fingerprint density at radius 2 is 1.89 bits per heavy atom. The number of nitriles is 1. The standard InChI is InChI=1S/C20H29N5O2S/c1-22-28(26,27)25-14-20(15-25,9-10-21)24-11-7-17(8-12-24)23-19-13-18(19)16-5-3-2-4-6-16/h2-6,17-19,22-23H,7-9,11-15H2,1H3/t18-,19-/m1/s1. The lowest BCUT2D eigenvalue weighted by atomic mass is 9.84. The molecule has 3 fully saturated rings. The van der Waals surface area contributed by atoms with Gasteiger partial charge < -0.3 is 5.32 Å². The van der Waals surface area contributed by atoms with Gasteiger partial charge in [0.25, 0.3) is 10.2 Å². The first-order valence-corrected chi connectivity index (χ1v) is 11.5. The minimum atomic E-state index is -3.41. The summed E-state index contributed by atoms with van der Waals surface area (Å²) in [5.74, 6) is 0.635. The van der Waals surface area contributed by atoms with Gasteiger partial charge in [0.2, 0.25) is 0 Å². The maximum absolute atomic E-state index is 12.0. The predicted molar refractivity (Wildman–Crippen MR) is 108 cm³/mol. The molecule has 152 valence electrons. The van der Waals surface area contributed by atoms with Gasteiger partial charge in [0.05, 0.1) is 18.0 Å². The molecule has 2 heterocycles. The second-order valence-electron chi connectivity index (χ2n) is 8.32. The minimum Gasteiger partial charge on any atom is -0.311 e. The largest absolute Gasteiger partial charge is 0.311 e. The van der Waals surface area contributed by atoms with E-state index < -0.39 is 10.2 Å². The molecule has 0 bridgehead atoms. The zero-order chi connectivity index (χ0) is 19.8. The van der Waals surface area contributed by atoms with Gasteiger partial charge in [-0.05, 0) is 24.8 Å². The topological polar surface area (TPSA) is 88.5 Å². The molecule has 0 unspecified atom stereocenters. The van der Waals surface area contributed by atoms with Gasteiger partial charge >= 0.3 is 0 Å². The van der Waals surface area contributed by atoms with E-state index in [2.05, 4.69) is 51.3 Å². The quantitative estimate of drug-likeness (QED) is 0.710. The SMILES string of the molecule is CNS(=O)(=O)N1CC(CC#N)(N2CCC(N[C@@H]3C[C@@H]3c3ccccc3)CC2)C1. The van der Waals surface area contributed by atoms with Crippen LogP contribution in [0.4, 0.5) is 0 Å². The monoisotopic (exact) mass is 403 g/mol. The van der Waals surface area contributed by atoms with E-state index >= 15 is 0 Å². The van der Waals surface area contributed by atoms with Crippen molar-refractivity contribution in [3.8, 4) is 6.07 Å². The van der Waals surface area contributed by atoms with Gasteiger partial charge in [-0.15, -0.1) is 0 Å². The van der Waals surface area contributed by atoms with Crippen molar-refractivity contribution in [2.45, 2.75) is 49.2 Å². The van der Waals surface area contributed by atoms with Crippen LogP contribution in [-0.2, 0) is 10.2 Å². The van der Waals surface area contributed by atoms with Crippen molar-refractivity contribution in [3.05, 3.63) is 35.9 Å². The van der Waals surface area contributed by atoms with Crippen LogP contribution >= 0.6 is 0 Å². The van der Waals surface area contributed by atoms with Crippen LogP contribution in [0, 0.1) is 11.3 Å². The van der Waals surface area contributed by atoms with Crippen LogP contribution in [0.2, 0.25) is 0 Å². The predicted octanol–water partition coefficient (Wildman–Crippen LogP) is 1.03. The average Bonchev–Trinajstić information content (AvgIpc) is 3.45. The second kappa shape index (κ2) is 7.73. The number of piperidine rings is 1. The van der Waals surface area contributed by atoms with E-state index in [1.807, 2.05) is 0 Å². The highest BCUT2D eigenvalue weighted by molar-refractivity contribution is 7.87. The van der Waals surface area contributed by atoms with E-state index in [0.717, 1.165) is 25.9 Å². The molecular formula is C20H29N5O2S. The first-order chi connectivity index (χ1) is 13.5. The number of benzene rings is 1. The summed E-state index contributed by atoms with van der Waals surface area (Å²) in [5, 5.41) is 13.1. The molecule has 2 N–H and O–H groups in total. The molecule has 0 aromatic heterocycles. The van der Waals surface area contributed by atoms with E-state index in [9.17, 15) is 13.7 Å². The Balaban J connectivity index is 1.28. The van der Waals surface area contributed by atoms with Crippen molar-refractivity contribution in [2.24, 2.45) is 0 Å². The third-order valence-electron chi connectivity index (χ3n) is 6.58. The molecule has 4 rings (SSSR count). The van der Waals surface area contributed by atoms with Crippen LogP contribution < -0.4 is 10.0 Å². The lowest BCUT2D eigenvalue weighted by Crippen LogP contribution is -2.73. The van der Waals surface area contributed by atoms with E-state index in [4.69, 9.17) is 0 Å². The van der Waals surface area contributed by atoms with Crippen LogP contribution in [0.25, 0.3) is 0 Å². The number of hydrogen-bond donors (Lipinski definition) is 2. The zero-order valence-electron chi connectivity index (χ0n) is 16.3. The molecule has 1 saturated carbocycles. The molecular weight excluding hydrogens is 374 g/mol. The molecule has 8 heteroatoms. The molecule has 2 atom stereocenters. The van der Waals surface area contributed by atoms with E-state index in [0.29, 0.717) is 37.5 Å². The number of likely N-dealkylation sites (tertiary alicyclic amines) is 1. The van der Waals surface area contributed by atoms with Gasteiger partial charge in [-0.25, -0.2) is 4.72 Å². The molecule has 1 aromatic rings. The van der Waals surface area contributed by atoms with Crippen molar-refractivity contribution in [1.29, 1.82) is 5.26 Å². The molecule has 1 aliphatic carbocycles. The third kappa shape index (κ3) is 3.82. The summed E-state index contributed by atoms with van der Waals surface area (Å²) < 4.78 is 27.8. The summed E-state index contributed by atoms with van der Waals surface area (Å²) in [7, 11) is -1.98. The van der Waals surface area contributed by atoms with Crippen molar-refractivity contribution in [1.82, 2.24) is 19.2 Å². The first kappa shape index (κ1) is 19.8. The third-order valence-corrected chi connectivity index (χ3v) is 8.03. The Bertz CT molecular complexity index is 824. The average molecular weight is 404 g/mol. The molecule has 2 saturated heterocycles. The summed E-state index contributed by atoms with van der Waals surface area (Å²) in [6.45, 7) is 2.63. The Labute approximate surface area is 167 Å². The van der Waals surface area contributed by atoms with Gasteiger partial charge in [0.1, 0.15) is 0 Å². The number of nitrogens with zero attached hydrogens (tertiary/aromatic N) is 3. The summed E-state index contributed by atoms with van der Waals surface area (Å²) in [4.78, 5) is 2.34. The van der Waals surface area contributed by atoms with E-state index in [1.54, 1.807) is 0 Å². The highest BCUT2D eigenvalue weighted by Crippen LogP contribution is 2.42. The Morgan fingerprint density at radius 1 is 1.21 bits per heavy atom. The van der Waals surface area contributed by atoms with E-state index in [1.165, 1.54) is 23.3 Å². The highest BCUT2D eigenvalue weighted by atomic mass is 32.2. The number of rotatable bonds is 7. The molecule has 0 amide bonds. The summed E-state index contributed by atoms with van der Waals surface area (Å²) in [6.07, 6.45) is 3.67. The van der Waals surface area contributed by atoms with Crippen LogP contribution in [-0.4, -0.2) is 68.5 Å². The second-order valence-corrected chi connectivity index (χ2v) is 10.2. The maximum Gasteiger partial charge on any atom is 0.279 e. The van der Waals surface area contributed by atoms with Gasteiger partial charge in [-0.2, -0.15) is 18.0 Å². The van der Waals surface area contributed by atoms with Crippen molar-refractivity contribution in [3.63, 3.8) is 0 Å². The molecule has 2 aliphatic heterocycles. The Kier molecular flexibility index (Phi) is 5.47. The molecule has 0 spiro atoms. The normalized spacial score (nSPS) is 28.4. The highest BCUT2D eigenvalue weighted by Gasteiger charge is 2.52. The molecule has 1 aromatic carbocycles. The van der Waals surface area contributed by atoms with Crippen molar-refractivity contribution in [2.75, 3.05) is 33.2 Å². The zero-order valence-corrected chi connectivity index (χ0v) is 17.2. The summed E-state index contributed by atoms with van der Waals surface area (Å²) in [6, 6.07) is 14.0. The lowest BCUT2D eigenvalue weighted by molar-refractivity contribution is -0.0260. The lowest BCUT2D eigenvalue weighted by Gasteiger charge is -2.55. The summed E-state index contributed by atoms with van der Waals surface area (Å²) >= 11 is 0. The maximum atomic E-state index is 12.0. The van der Waals surface area contributed by atoms with Gasteiger partial charge in [0.15, 0.2) is 0 Å². The fourth-order valence-corrected chi connectivity index (χ4v) is 5.83. The Morgan fingerprint density at radius 3 is 2.50 bits per heavy atom. The fraction of sp³-hybridized carbons (Fsp3) is 0.650. The Hall–Kier alpha value is -1.50. The molecule has 3 aliphatic rings. The van der Waals surface area contributed by atoms with Crippen LogP contribution in [0.15, 0.2) is 30.3 Å². The molecule has 28 heavy (non-hydrogen) atoms. The first-order valence-electron chi connectivity index (χ1n) is 10.1. The fourth-order valence-electron chi connectivity index (χ4n) is 4.75. The van der Waals surface area contributed by atoms with Crippen molar-refractivity contribution >= 4 is 10.2 Å².